The van der Waals surface area contributed by atoms with E-state index in [2.05, 4.69) is 15.2 Å². The summed E-state index contributed by atoms with van der Waals surface area (Å²) in [7, 11) is 1.62. The van der Waals surface area contributed by atoms with Crippen LogP contribution in [0.2, 0.25) is 0 Å². The van der Waals surface area contributed by atoms with E-state index in [1.165, 1.54) is 12.1 Å². The lowest BCUT2D eigenvalue weighted by Crippen LogP contribution is -2.41. The van der Waals surface area contributed by atoms with Crippen molar-refractivity contribution in [3.63, 3.8) is 0 Å². The maximum Gasteiger partial charge on any atom is 0.416 e. The normalized spacial score (nSPS) is 20.8. The molecule has 21 heavy (non-hydrogen) atoms. The number of hydrogen-bond donors (Lipinski definition) is 2. The number of nitrogens with one attached hydrogen (secondary N) is 1. The van der Waals surface area contributed by atoms with Gasteiger partial charge in [0.2, 0.25) is 0 Å². The predicted molar refractivity (Wildman–Crippen MR) is 75.8 cm³/mol. The van der Waals surface area contributed by atoms with Crippen LogP contribution in [0.3, 0.4) is 0 Å². The van der Waals surface area contributed by atoms with E-state index in [4.69, 9.17) is 5.73 Å². The molecule has 1 aromatic rings. The lowest BCUT2D eigenvalue weighted by molar-refractivity contribution is -0.137. The molecule has 2 rings (SSSR count). The van der Waals surface area contributed by atoms with E-state index < -0.39 is 11.7 Å². The molecular formula is C14H19F3N4. The number of nitrogens with zero attached hydrogens (tertiary/aromatic N) is 2. The summed E-state index contributed by atoms with van der Waals surface area (Å²) >= 11 is 0. The summed E-state index contributed by atoms with van der Waals surface area (Å²) in [5.41, 5.74) is 5.89. The molecule has 1 aliphatic rings. The second kappa shape index (κ2) is 6.34. The quantitative estimate of drug-likeness (QED) is 0.661. The van der Waals surface area contributed by atoms with E-state index in [1.807, 2.05) is 0 Å². The largest absolute Gasteiger partial charge is 0.416 e. The summed E-state index contributed by atoms with van der Waals surface area (Å²) in [5.74, 6) is 0.413. The van der Waals surface area contributed by atoms with Gasteiger partial charge >= 0.3 is 6.18 Å². The molecule has 116 valence electrons. The van der Waals surface area contributed by atoms with Gasteiger partial charge in [-0.15, -0.1) is 0 Å². The lowest BCUT2D eigenvalue weighted by Gasteiger charge is -2.17. The number of alkyl halides is 3. The van der Waals surface area contributed by atoms with Gasteiger partial charge in [-0.1, -0.05) is 12.1 Å². The van der Waals surface area contributed by atoms with Crippen LogP contribution in [0.25, 0.3) is 0 Å². The maximum atomic E-state index is 12.5. The third-order valence-electron chi connectivity index (χ3n) is 3.55. The van der Waals surface area contributed by atoms with E-state index in [1.54, 1.807) is 7.05 Å². The average Bonchev–Trinajstić information content (AvgIpc) is 2.85. The van der Waals surface area contributed by atoms with E-state index >= 15 is 0 Å². The molecule has 4 nitrogen and oxygen atoms in total. The van der Waals surface area contributed by atoms with Crippen molar-refractivity contribution < 1.29 is 13.2 Å². The molecular weight excluding hydrogens is 281 g/mol. The third-order valence-corrected chi connectivity index (χ3v) is 3.55. The highest BCUT2D eigenvalue weighted by molar-refractivity contribution is 5.78. The molecule has 0 aromatic heterocycles. The first-order valence-corrected chi connectivity index (χ1v) is 6.76. The van der Waals surface area contributed by atoms with E-state index in [-0.39, 0.29) is 6.04 Å². The van der Waals surface area contributed by atoms with Crippen LogP contribution in [0.5, 0.6) is 0 Å². The van der Waals surface area contributed by atoms with Crippen molar-refractivity contribution in [1.82, 2.24) is 10.2 Å². The van der Waals surface area contributed by atoms with Crippen molar-refractivity contribution in [3.8, 4) is 0 Å². The summed E-state index contributed by atoms with van der Waals surface area (Å²) < 4.78 is 37.5. The third kappa shape index (κ3) is 4.35. The van der Waals surface area contributed by atoms with E-state index in [0.717, 1.165) is 37.2 Å². The second-order valence-electron chi connectivity index (χ2n) is 5.17. The zero-order chi connectivity index (χ0) is 15.5. The average molecular weight is 300 g/mol. The fourth-order valence-corrected chi connectivity index (χ4v) is 2.43. The highest BCUT2D eigenvalue weighted by Gasteiger charge is 2.30. The Morgan fingerprint density at radius 3 is 2.62 bits per heavy atom. The highest BCUT2D eigenvalue weighted by Crippen LogP contribution is 2.29. The molecule has 0 saturated carbocycles. The van der Waals surface area contributed by atoms with Gasteiger partial charge in [0.25, 0.3) is 0 Å². The minimum Gasteiger partial charge on any atom is -0.370 e. The van der Waals surface area contributed by atoms with Crippen LogP contribution in [-0.2, 0) is 12.7 Å². The first-order valence-electron chi connectivity index (χ1n) is 6.76. The molecule has 3 N–H and O–H groups in total. The number of guanidine groups is 1. The zero-order valence-corrected chi connectivity index (χ0v) is 11.8. The Morgan fingerprint density at radius 1 is 1.38 bits per heavy atom. The van der Waals surface area contributed by atoms with Crippen LogP contribution in [0.1, 0.15) is 17.5 Å². The fraction of sp³-hybridized carbons (Fsp3) is 0.500. The van der Waals surface area contributed by atoms with Crippen molar-refractivity contribution in [2.45, 2.75) is 25.2 Å². The molecule has 0 bridgehead atoms. The minimum absolute atomic E-state index is 0.239. The molecule has 1 saturated heterocycles. The van der Waals surface area contributed by atoms with Crippen molar-refractivity contribution in [2.24, 2.45) is 10.7 Å². The van der Waals surface area contributed by atoms with E-state index in [0.29, 0.717) is 12.5 Å². The van der Waals surface area contributed by atoms with Crippen LogP contribution in [0, 0.1) is 0 Å². The van der Waals surface area contributed by atoms with E-state index in [9.17, 15) is 13.2 Å². The molecule has 0 radical (unpaired) electrons. The summed E-state index contributed by atoms with van der Waals surface area (Å²) in [5, 5.41) is 3.11. The molecule has 1 fully saturated rings. The number of hydrogen-bond acceptors (Lipinski definition) is 2. The van der Waals surface area contributed by atoms with Gasteiger partial charge in [0.15, 0.2) is 5.96 Å². The van der Waals surface area contributed by atoms with Gasteiger partial charge in [-0.25, -0.2) is 0 Å². The Bertz CT molecular complexity index is 496. The number of aliphatic imine (C=N–C) groups is 1. The second-order valence-corrected chi connectivity index (χ2v) is 5.17. The monoisotopic (exact) mass is 300 g/mol. The number of halogens is 3. The Hall–Kier alpha value is -1.76. The predicted octanol–water partition coefficient (Wildman–Crippen LogP) is 1.81. The Kier molecular flexibility index (Phi) is 4.72. The van der Waals surface area contributed by atoms with Gasteiger partial charge in [0.1, 0.15) is 0 Å². The van der Waals surface area contributed by atoms with Gasteiger partial charge in [-0.3, -0.25) is 9.89 Å². The highest BCUT2D eigenvalue weighted by atomic mass is 19.4. The Morgan fingerprint density at radius 2 is 2.05 bits per heavy atom. The van der Waals surface area contributed by atoms with Gasteiger partial charge in [0, 0.05) is 32.7 Å². The minimum atomic E-state index is -4.28. The molecule has 1 unspecified atom stereocenters. The molecule has 0 amide bonds. The Balaban J connectivity index is 1.89. The zero-order valence-electron chi connectivity index (χ0n) is 11.8. The lowest BCUT2D eigenvalue weighted by atomic mass is 10.1. The molecule has 7 heteroatoms. The first kappa shape index (κ1) is 15.6. The van der Waals surface area contributed by atoms with Gasteiger partial charge in [-0.05, 0) is 24.1 Å². The molecule has 1 aliphatic heterocycles. The number of nitrogens with two attached hydrogens (primary N) is 1. The van der Waals surface area contributed by atoms with Crippen LogP contribution in [0.4, 0.5) is 13.2 Å². The van der Waals surface area contributed by atoms with Crippen LogP contribution in [-0.4, -0.2) is 37.0 Å². The van der Waals surface area contributed by atoms with Crippen molar-refractivity contribution in [1.29, 1.82) is 0 Å². The van der Waals surface area contributed by atoms with Crippen molar-refractivity contribution in [2.75, 3.05) is 20.1 Å². The molecule has 0 aliphatic carbocycles. The van der Waals surface area contributed by atoms with Crippen LogP contribution >= 0.6 is 0 Å². The molecule has 1 atom stereocenters. The van der Waals surface area contributed by atoms with Gasteiger partial charge < -0.3 is 11.1 Å². The SMILES string of the molecule is CN=C(N)NC1CCN(Cc2ccc(C(F)(F)F)cc2)C1. The summed E-state index contributed by atoms with van der Waals surface area (Å²) in [6.45, 7) is 2.33. The summed E-state index contributed by atoms with van der Waals surface area (Å²) in [4.78, 5) is 6.04. The molecule has 1 aromatic carbocycles. The fourth-order valence-electron chi connectivity index (χ4n) is 2.43. The number of rotatable bonds is 3. The summed E-state index contributed by atoms with van der Waals surface area (Å²) in [6, 6.07) is 5.56. The standard InChI is InChI=1S/C14H19F3N4/c1-19-13(18)20-12-6-7-21(9-12)8-10-2-4-11(5-3-10)14(15,16)17/h2-5,12H,6-9H2,1H3,(H3,18,19,20). The number of benzene rings is 1. The van der Waals surface area contributed by atoms with Crippen LogP contribution in [0.15, 0.2) is 29.3 Å². The maximum absolute atomic E-state index is 12.5. The summed E-state index contributed by atoms with van der Waals surface area (Å²) in [6.07, 6.45) is -3.34. The van der Waals surface area contributed by atoms with Crippen LogP contribution < -0.4 is 11.1 Å². The molecule has 1 heterocycles. The topological polar surface area (TPSA) is 53.6 Å². The molecule has 0 spiro atoms. The Labute approximate surface area is 121 Å². The van der Waals surface area contributed by atoms with Crippen molar-refractivity contribution in [3.05, 3.63) is 35.4 Å². The van der Waals surface area contributed by atoms with Gasteiger partial charge in [0.05, 0.1) is 5.56 Å². The van der Waals surface area contributed by atoms with Crippen molar-refractivity contribution >= 4 is 5.96 Å². The first-order chi connectivity index (χ1) is 9.88. The smallest absolute Gasteiger partial charge is 0.370 e. The number of likely N-dealkylation sites (tertiary alicyclic amines) is 1. The van der Waals surface area contributed by atoms with Gasteiger partial charge in [-0.2, -0.15) is 13.2 Å².